The van der Waals surface area contributed by atoms with Crippen LogP contribution in [0.4, 0.5) is 0 Å². The van der Waals surface area contributed by atoms with Crippen LogP contribution in [0.15, 0.2) is 0 Å². The molecule has 0 aromatic heterocycles. The summed E-state index contributed by atoms with van der Waals surface area (Å²) in [6, 6.07) is -1.35. The van der Waals surface area contributed by atoms with Crippen LogP contribution in [0.3, 0.4) is 0 Å². The molecule has 0 heterocycles. The molecule has 0 saturated heterocycles. The van der Waals surface area contributed by atoms with Crippen LogP contribution in [0, 0.1) is 0 Å². The first-order valence-corrected chi connectivity index (χ1v) is 14.6. The van der Waals surface area contributed by atoms with Gasteiger partial charge < -0.3 is 30.8 Å². The maximum atomic E-state index is 11.7. The van der Waals surface area contributed by atoms with Gasteiger partial charge in [-0.25, -0.2) is 4.79 Å². The molecule has 0 aliphatic carbocycles. The molecule has 226 valence electrons. The molecule has 0 aliphatic rings. The van der Waals surface area contributed by atoms with Gasteiger partial charge in [-0.2, -0.15) is 0 Å². The van der Waals surface area contributed by atoms with Crippen LogP contribution in [-0.2, 0) is 14.4 Å². The van der Waals surface area contributed by atoms with E-state index in [4.69, 9.17) is 25.5 Å². The number of aliphatic hydroxyl groups is 3. The molecular formula is C28H56N2O8. The highest BCUT2D eigenvalue weighted by molar-refractivity contribution is 5.86. The van der Waals surface area contributed by atoms with E-state index in [9.17, 15) is 14.4 Å². The first-order valence-electron chi connectivity index (χ1n) is 14.6. The Bertz CT molecular complexity index is 549. The molecule has 0 fully saturated rings. The van der Waals surface area contributed by atoms with Gasteiger partial charge in [0.1, 0.15) is 6.04 Å². The van der Waals surface area contributed by atoms with Gasteiger partial charge in [0.2, 0.25) is 5.91 Å². The predicted molar refractivity (Wildman–Crippen MR) is 149 cm³/mol. The quantitative estimate of drug-likeness (QED) is 0.0885. The van der Waals surface area contributed by atoms with Crippen molar-refractivity contribution in [2.45, 2.75) is 122 Å². The van der Waals surface area contributed by atoms with Gasteiger partial charge in [-0.3, -0.25) is 14.5 Å². The van der Waals surface area contributed by atoms with Crippen molar-refractivity contribution in [3.05, 3.63) is 0 Å². The van der Waals surface area contributed by atoms with Gasteiger partial charge in [0.15, 0.2) is 0 Å². The molecule has 10 heteroatoms. The number of rotatable bonds is 26. The van der Waals surface area contributed by atoms with E-state index in [1.807, 2.05) is 0 Å². The van der Waals surface area contributed by atoms with E-state index < -0.39 is 24.4 Å². The lowest BCUT2D eigenvalue weighted by molar-refractivity contribution is -0.147. The summed E-state index contributed by atoms with van der Waals surface area (Å²) in [6.45, 7) is 4.00. The maximum Gasteiger partial charge on any atom is 0.326 e. The van der Waals surface area contributed by atoms with Crippen molar-refractivity contribution >= 4 is 17.8 Å². The zero-order chi connectivity index (χ0) is 28.9. The molecule has 0 aliphatic heterocycles. The van der Waals surface area contributed by atoms with Gasteiger partial charge >= 0.3 is 11.9 Å². The first kappa shape index (κ1) is 38.4. The zero-order valence-corrected chi connectivity index (χ0v) is 23.7. The fourth-order valence-electron chi connectivity index (χ4n) is 4.06. The van der Waals surface area contributed by atoms with Crippen molar-refractivity contribution in [2.24, 2.45) is 0 Å². The van der Waals surface area contributed by atoms with Crippen LogP contribution in [-0.4, -0.2) is 93.8 Å². The van der Waals surface area contributed by atoms with Gasteiger partial charge in [0.25, 0.3) is 0 Å². The monoisotopic (exact) mass is 548 g/mol. The summed E-state index contributed by atoms with van der Waals surface area (Å²) < 4.78 is 0. The van der Waals surface area contributed by atoms with Crippen LogP contribution >= 0.6 is 0 Å². The van der Waals surface area contributed by atoms with Crippen molar-refractivity contribution < 1.29 is 39.9 Å². The van der Waals surface area contributed by atoms with Gasteiger partial charge in [0.05, 0.1) is 26.2 Å². The number of carboxylic acid groups (broad SMARTS) is 2. The molecule has 0 aromatic carbocycles. The van der Waals surface area contributed by atoms with E-state index >= 15 is 0 Å². The van der Waals surface area contributed by atoms with Crippen molar-refractivity contribution in [1.82, 2.24) is 10.2 Å². The maximum absolute atomic E-state index is 11.7. The lowest BCUT2D eigenvalue weighted by Crippen LogP contribution is -2.42. The van der Waals surface area contributed by atoms with E-state index in [1.165, 1.54) is 77.0 Å². The van der Waals surface area contributed by atoms with E-state index in [-0.39, 0.29) is 32.1 Å². The van der Waals surface area contributed by atoms with Gasteiger partial charge in [-0.05, 0) is 6.42 Å². The largest absolute Gasteiger partial charge is 0.481 e. The van der Waals surface area contributed by atoms with Crippen molar-refractivity contribution in [2.75, 3.05) is 39.5 Å². The number of unbranched alkanes of at least 4 members (excludes halogenated alkanes) is 14. The summed E-state index contributed by atoms with van der Waals surface area (Å²) >= 11 is 0. The third kappa shape index (κ3) is 28.8. The highest BCUT2D eigenvalue weighted by Crippen LogP contribution is 2.13. The predicted octanol–water partition coefficient (Wildman–Crippen LogP) is 3.56. The Hall–Kier alpha value is -1.75. The number of carbonyl (C=O) groups is 3. The second kappa shape index (κ2) is 29.8. The topological polar surface area (TPSA) is 168 Å². The average Bonchev–Trinajstić information content (AvgIpc) is 2.86. The molecular weight excluding hydrogens is 492 g/mol. The lowest BCUT2D eigenvalue weighted by atomic mass is 10.0. The lowest BCUT2D eigenvalue weighted by Gasteiger charge is -2.17. The summed E-state index contributed by atoms with van der Waals surface area (Å²) in [5.74, 6) is -2.93. The Morgan fingerprint density at radius 3 is 1.32 bits per heavy atom. The fourth-order valence-corrected chi connectivity index (χ4v) is 4.06. The van der Waals surface area contributed by atoms with Crippen LogP contribution in [0.25, 0.3) is 0 Å². The second-order valence-corrected chi connectivity index (χ2v) is 9.77. The number of carboxylic acids is 2. The molecule has 0 bridgehead atoms. The normalized spacial score (nSPS) is 11.6. The van der Waals surface area contributed by atoms with Crippen molar-refractivity contribution in [3.63, 3.8) is 0 Å². The third-order valence-corrected chi connectivity index (χ3v) is 6.27. The molecule has 1 atom stereocenters. The summed E-state index contributed by atoms with van der Waals surface area (Å²) in [5, 5.41) is 45.3. The average molecular weight is 549 g/mol. The summed E-state index contributed by atoms with van der Waals surface area (Å²) in [7, 11) is 0. The van der Waals surface area contributed by atoms with Crippen molar-refractivity contribution in [3.8, 4) is 0 Å². The molecule has 6 N–H and O–H groups in total. The number of carbonyl (C=O) groups excluding carboxylic acids is 1. The Kier molecular flexibility index (Phi) is 30.1. The Balaban J connectivity index is 0. The smallest absolute Gasteiger partial charge is 0.326 e. The van der Waals surface area contributed by atoms with Crippen LogP contribution in [0.2, 0.25) is 0 Å². The third-order valence-electron chi connectivity index (χ3n) is 6.27. The standard InChI is InChI=1S/C22H41NO5.C6H15NO3/c1-2-3-4-5-6-7-8-9-10-11-12-13-14-15-16-17-20(24)23-19(22(27)28)18-21(25)26;8-4-1-7(2-5-9)3-6-10/h19H,2-18H2,1H3,(H,23,24)(H,25,26)(H,27,28);8-10H,1-6H2. The molecule has 38 heavy (non-hydrogen) atoms. The van der Waals surface area contributed by atoms with Crippen molar-refractivity contribution in [1.29, 1.82) is 0 Å². The molecule has 0 saturated carbocycles. The molecule has 0 radical (unpaired) electrons. The molecule has 0 rings (SSSR count). The van der Waals surface area contributed by atoms with E-state index in [2.05, 4.69) is 12.2 Å². The summed E-state index contributed by atoms with van der Waals surface area (Å²) in [6.07, 6.45) is 18.3. The van der Waals surface area contributed by atoms with Gasteiger partial charge in [0, 0.05) is 26.1 Å². The van der Waals surface area contributed by atoms with E-state index in [0.29, 0.717) is 26.1 Å². The minimum absolute atomic E-state index is 0.0694. The number of nitrogens with zero attached hydrogens (tertiary/aromatic N) is 1. The minimum atomic E-state index is -1.35. The highest BCUT2D eigenvalue weighted by Gasteiger charge is 2.22. The van der Waals surface area contributed by atoms with Gasteiger partial charge in [-0.1, -0.05) is 96.8 Å². The van der Waals surface area contributed by atoms with Crippen LogP contribution in [0.1, 0.15) is 116 Å². The number of amides is 1. The first-order chi connectivity index (χ1) is 18.3. The Labute approximate surface area is 229 Å². The van der Waals surface area contributed by atoms with Gasteiger partial charge in [-0.15, -0.1) is 0 Å². The van der Waals surface area contributed by atoms with E-state index in [0.717, 1.165) is 12.8 Å². The number of hydrogen-bond donors (Lipinski definition) is 6. The zero-order valence-electron chi connectivity index (χ0n) is 23.7. The second-order valence-electron chi connectivity index (χ2n) is 9.77. The minimum Gasteiger partial charge on any atom is -0.481 e. The van der Waals surface area contributed by atoms with Crippen LogP contribution < -0.4 is 5.32 Å². The summed E-state index contributed by atoms with van der Waals surface area (Å²) in [5.41, 5.74) is 0. The summed E-state index contributed by atoms with van der Waals surface area (Å²) in [4.78, 5) is 35.0. The number of nitrogens with one attached hydrogen (secondary N) is 1. The molecule has 1 unspecified atom stereocenters. The van der Waals surface area contributed by atoms with E-state index in [1.54, 1.807) is 4.90 Å². The number of hydrogen-bond acceptors (Lipinski definition) is 7. The Morgan fingerprint density at radius 2 is 1.00 bits per heavy atom. The number of aliphatic carboxylic acids is 2. The van der Waals surface area contributed by atoms with Crippen LogP contribution in [0.5, 0.6) is 0 Å². The molecule has 0 aromatic rings. The molecule has 0 spiro atoms. The Morgan fingerprint density at radius 1 is 0.632 bits per heavy atom. The number of aliphatic hydroxyl groups excluding tert-OH is 3. The molecule has 10 nitrogen and oxygen atoms in total. The SMILES string of the molecule is CCCCCCCCCCCCCCCCCC(=O)NC(CC(=O)O)C(=O)O.OCCN(CCO)CCO. The molecule has 1 amide bonds. The highest BCUT2D eigenvalue weighted by atomic mass is 16.4. The fraction of sp³-hybridized carbons (Fsp3) is 0.893.